The van der Waals surface area contributed by atoms with Gasteiger partial charge in [-0.25, -0.2) is 19.5 Å². The second-order valence-corrected chi connectivity index (χ2v) is 24.7. The van der Waals surface area contributed by atoms with Crippen molar-refractivity contribution < 1.29 is 76.5 Å². The van der Waals surface area contributed by atoms with Gasteiger partial charge in [0.15, 0.2) is 0 Å². The van der Waals surface area contributed by atoms with Gasteiger partial charge in [-0.3, -0.25) is 57.7 Å². The Bertz CT molecular complexity index is 3850. The highest BCUT2D eigenvalue weighted by molar-refractivity contribution is 6.28. The number of primary amides is 1. The molecule has 2 atom stereocenters. The maximum atomic E-state index is 13.8. The lowest BCUT2D eigenvalue weighted by atomic mass is 10.0. The Morgan fingerprint density at radius 3 is 2.14 bits per heavy atom. The Kier molecular flexibility index (Phi) is 29.8. The second-order valence-electron chi connectivity index (χ2n) is 24.7. The number of hydrogen-bond donors (Lipinski definition) is 10. The number of nitrogens with zero attached hydrogens (tertiary/aromatic N) is 5. The van der Waals surface area contributed by atoms with Crippen molar-refractivity contribution in [2.45, 2.75) is 118 Å². The number of aliphatic imine (C=N–C) groups is 1. The lowest BCUT2D eigenvalue weighted by molar-refractivity contribution is -0.132. The monoisotopic (exact) mass is 1410 g/mol. The SMILES string of the molecule is CCCN(CCC)C(=O)C1=Cc2ccc(C(=O)Nc3cnc4c(c3)CN(C(=O)OCc3ccc(NC(=O)[C@H](CCCNC(N)=O)NC(=O)[C@@H](NC(=O)CCOCCOCCNC(=O)CCc5ccc(N6C(=O)C=CC6=O)cc5C(=O)NCC(=O)NCC(C)=O)C(C)C)cc3)CC4)cc2N=C(N)C1. The van der Waals surface area contributed by atoms with Crippen LogP contribution in [0.15, 0.2) is 95.6 Å². The van der Waals surface area contributed by atoms with Crippen LogP contribution in [0.2, 0.25) is 0 Å². The van der Waals surface area contributed by atoms with Crippen LogP contribution in [-0.4, -0.2) is 182 Å². The number of urea groups is 1. The van der Waals surface area contributed by atoms with E-state index >= 15 is 0 Å². The maximum Gasteiger partial charge on any atom is 0.410 e. The highest BCUT2D eigenvalue weighted by Gasteiger charge is 2.31. The minimum absolute atomic E-state index is 0.0236. The lowest BCUT2D eigenvalue weighted by Crippen LogP contribution is -2.54. The van der Waals surface area contributed by atoms with Crippen molar-refractivity contribution in [2.75, 3.05) is 87.8 Å². The second kappa shape index (κ2) is 39.0. The molecule has 3 aliphatic rings. The number of nitrogens with one attached hydrogen (secondary N) is 8. The summed E-state index contributed by atoms with van der Waals surface area (Å²) in [6.07, 6.45) is 7.41. The third-order valence-electron chi connectivity index (χ3n) is 16.2. The number of carbonyl (C=O) groups excluding carboxylic acids is 13. The maximum absolute atomic E-state index is 13.8. The Hall–Kier alpha value is -11.2. The molecule has 0 bridgehead atoms. The van der Waals surface area contributed by atoms with Crippen LogP contribution in [0.25, 0.3) is 6.08 Å². The molecule has 0 radical (unpaired) electrons. The molecule has 31 heteroatoms. The summed E-state index contributed by atoms with van der Waals surface area (Å²) in [4.78, 5) is 180. The van der Waals surface area contributed by atoms with Crippen molar-refractivity contribution >= 4 is 112 Å². The van der Waals surface area contributed by atoms with Gasteiger partial charge in [0.1, 0.15) is 30.3 Å². The third-order valence-corrected chi connectivity index (χ3v) is 16.2. The molecule has 1 aromatic heterocycles. The zero-order valence-electron chi connectivity index (χ0n) is 57.9. The van der Waals surface area contributed by atoms with E-state index in [0.29, 0.717) is 70.9 Å². The van der Waals surface area contributed by atoms with Gasteiger partial charge in [-0.2, -0.15) is 0 Å². The van der Waals surface area contributed by atoms with E-state index in [-0.39, 0.29) is 132 Å². The summed E-state index contributed by atoms with van der Waals surface area (Å²) in [5.41, 5.74) is 16.9. The molecule has 0 fully saturated rings. The number of ether oxygens (including phenoxy) is 3. The summed E-state index contributed by atoms with van der Waals surface area (Å²) in [5.74, 6) is -5.60. The Morgan fingerprint density at radius 1 is 0.716 bits per heavy atom. The van der Waals surface area contributed by atoms with E-state index in [4.69, 9.17) is 25.7 Å². The Morgan fingerprint density at radius 2 is 1.44 bits per heavy atom. The quantitative estimate of drug-likeness (QED) is 0.0228. The number of carbonyl (C=O) groups is 13. The predicted molar refractivity (Wildman–Crippen MR) is 376 cm³/mol. The summed E-state index contributed by atoms with van der Waals surface area (Å²) in [7, 11) is 0. The molecule has 0 saturated carbocycles. The molecule has 0 aliphatic carbocycles. The normalized spacial score (nSPS) is 13.6. The van der Waals surface area contributed by atoms with Crippen molar-refractivity contribution in [3.63, 3.8) is 0 Å². The lowest BCUT2D eigenvalue weighted by Gasteiger charge is -2.28. The molecule has 12 N–H and O–H groups in total. The molecule has 0 saturated heterocycles. The fourth-order valence-electron chi connectivity index (χ4n) is 11.0. The smallest absolute Gasteiger partial charge is 0.410 e. The molecular weight excluding hydrogens is 1320 g/mol. The molecule has 13 amide bonds. The number of amidine groups is 1. The number of fused-ring (bicyclic) bond motifs is 2. The molecule has 3 aliphatic heterocycles. The van der Waals surface area contributed by atoms with E-state index in [2.05, 4.69) is 52.5 Å². The molecule has 0 spiro atoms. The summed E-state index contributed by atoms with van der Waals surface area (Å²) >= 11 is 0. The van der Waals surface area contributed by atoms with E-state index < -0.39 is 83.9 Å². The predicted octanol–water partition coefficient (Wildman–Crippen LogP) is 3.50. The zero-order valence-corrected chi connectivity index (χ0v) is 57.9. The number of Topliss-reactive ketones (excluding diaryl/α,β-unsaturated/α-hetero) is 1. The van der Waals surface area contributed by atoms with Gasteiger partial charge in [0.05, 0.1) is 69.3 Å². The van der Waals surface area contributed by atoms with Gasteiger partial charge in [0.2, 0.25) is 35.4 Å². The summed E-state index contributed by atoms with van der Waals surface area (Å²) in [6, 6.07) is 14.6. The molecule has 3 aromatic carbocycles. The summed E-state index contributed by atoms with van der Waals surface area (Å²) in [6.45, 7) is 10.3. The van der Waals surface area contributed by atoms with Gasteiger partial charge in [-0.05, 0) is 110 Å². The van der Waals surface area contributed by atoms with Gasteiger partial charge >= 0.3 is 12.1 Å². The van der Waals surface area contributed by atoms with Crippen molar-refractivity contribution in [3.8, 4) is 0 Å². The largest absolute Gasteiger partial charge is 0.445 e. The fraction of sp³-hybridized carbons (Fsp3) is 0.423. The number of nitrogens with two attached hydrogens (primary N) is 2. The number of hydrogen-bond acceptors (Lipinski definition) is 19. The number of pyridine rings is 1. The van der Waals surface area contributed by atoms with E-state index in [0.717, 1.165) is 41.2 Å². The standard InChI is InChI=1S/C71H89N15O16/c1-6-26-84(27-7-2)69(97)49-33-47-12-13-48(35-57(47)81-58(72)36-49)65(93)80-52-34-50-41-85(28-22-55(50)76-39-52)71(99)102-42-45-10-16-51(17-11-45)79-67(95)56(9-8-24-75-70(73)98)82-68(96)64(43(3)4)83-60(89)23-29-100-31-32-101-30-25-74-59(88)19-15-46-14-18-53(86-62(91)20-21-63(86)92)37-54(46)66(94)78-40-61(90)77-38-44(5)87/h10-14,16-18,20-21,33-35,37,39,43,56,64H,6-9,15,19,22-32,36,38,40-42H2,1-5H3,(H2,72,81)(H,74,88)(H,77,90)(H,78,94)(H,79,95)(H,80,93)(H,82,96)(H,83,89)(H3,73,75,98)/t56-,64-/m0/s1. The number of ketones is 1. The number of imide groups is 1. The van der Waals surface area contributed by atoms with E-state index in [1.54, 1.807) is 74.7 Å². The molecule has 0 unspecified atom stereocenters. The summed E-state index contributed by atoms with van der Waals surface area (Å²) < 4.78 is 16.8. The molecule has 7 rings (SSSR count). The van der Waals surface area contributed by atoms with E-state index in [9.17, 15) is 62.3 Å². The average molecular weight is 1410 g/mol. The zero-order chi connectivity index (χ0) is 73.8. The van der Waals surface area contributed by atoms with Crippen LogP contribution < -0.4 is 58.9 Å². The number of aromatic nitrogens is 1. The first kappa shape index (κ1) is 78.1. The first-order chi connectivity index (χ1) is 48.9. The van der Waals surface area contributed by atoms with Gasteiger partial charge in [-0.15, -0.1) is 0 Å². The van der Waals surface area contributed by atoms with Gasteiger partial charge in [0, 0.05) is 104 Å². The molecule has 4 heterocycles. The highest BCUT2D eigenvalue weighted by atomic mass is 16.6. The Labute approximate surface area is 590 Å². The van der Waals surface area contributed by atoms with Crippen molar-refractivity contribution in [2.24, 2.45) is 22.4 Å². The minimum atomic E-state index is -1.12. The van der Waals surface area contributed by atoms with E-state index in [1.807, 2.05) is 18.7 Å². The van der Waals surface area contributed by atoms with Crippen LogP contribution in [0.1, 0.15) is 128 Å². The van der Waals surface area contributed by atoms with E-state index in [1.165, 1.54) is 30.0 Å². The van der Waals surface area contributed by atoms with Crippen LogP contribution in [0.3, 0.4) is 0 Å². The number of rotatable bonds is 37. The topological polar surface area (TPSA) is 433 Å². The van der Waals surface area contributed by atoms with Gasteiger partial charge < -0.3 is 78.0 Å². The third kappa shape index (κ3) is 24.0. The number of benzene rings is 3. The summed E-state index contributed by atoms with van der Waals surface area (Å²) in [5, 5.41) is 21.2. The Balaban J connectivity index is 0.815. The minimum Gasteiger partial charge on any atom is -0.445 e. The molecule has 31 nitrogen and oxygen atoms in total. The van der Waals surface area contributed by atoms with Crippen molar-refractivity contribution in [1.82, 2.24) is 46.7 Å². The number of anilines is 3. The fourth-order valence-corrected chi connectivity index (χ4v) is 11.0. The molecular formula is C71H89N15O16. The van der Waals surface area contributed by atoms with Gasteiger partial charge in [0.25, 0.3) is 23.6 Å². The molecule has 4 aromatic rings. The van der Waals surface area contributed by atoms with Crippen LogP contribution >= 0.6 is 0 Å². The molecule has 544 valence electrons. The number of aryl methyl sites for hydroxylation is 1. The first-order valence-electron chi connectivity index (χ1n) is 33.8. The highest BCUT2D eigenvalue weighted by Crippen LogP contribution is 2.30. The average Bonchev–Trinajstić information content (AvgIpc) is 1.49. The van der Waals surface area contributed by atoms with Crippen LogP contribution in [-0.2, 0) is 83.4 Å². The molecule has 102 heavy (non-hydrogen) atoms. The van der Waals surface area contributed by atoms with Crippen molar-refractivity contribution in [1.29, 1.82) is 0 Å². The first-order valence-corrected chi connectivity index (χ1v) is 33.8. The van der Waals surface area contributed by atoms with Crippen LogP contribution in [0.5, 0.6) is 0 Å². The van der Waals surface area contributed by atoms with Crippen LogP contribution in [0.4, 0.5) is 32.3 Å². The number of amides is 13. The van der Waals surface area contributed by atoms with Crippen molar-refractivity contribution in [3.05, 3.63) is 130 Å². The van der Waals surface area contributed by atoms with Gasteiger partial charge in [-0.1, -0.05) is 52.0 Å². The van der Waals surface area contributed by atoms with Crippen LogP contribution in [0, 0.1) is 5.92 Å².